The van der Waals surface area contributed by atoms with Gasteiger partial charge in [-0.25, -0.2) is 0 Å². The average molecular weight is 302 g/mol. The van der Waals surface area contributed by atoms with Crippen LogP contribution in [0, 0.1) is 18.8 Å². The Morgan fingerprint density at radius 1 is 1.41 bits per heavy atom. The number of nitrogens with zero attached hydrogens (tertiary/aromatic N) is 2. The number of halogens is 1. The molecule has 1 rings (SSSR count). The van der Waals surface area contributed by atoms with Crippen LogP contribution < -0.4 is 5.73 Å². The van der Waals surface area contributed by atoms with Gasteiger partial charge < -0.3 is 5.73 Å². The van der Waals surface area contributed by atoms with Crippen molar-refractivity contribution in [2.24, 2.45) is 17.6 Å². The zero-order valence-corrected chi connectivity index (χ0v) is 12.9. The predicted octanol–water partition coefficient (Wildman–Crippen LogP) is 3.14. The molecule has 4 heteroatoms. The minimum atomic E-state index is 0.549. The number of aromatic nitrogens is 2. The van der Waals surface area contributed by atoms with Gasteiger partial charge in [0, 0.05) is 6.54 Å². The lowest BCUT2D eigenvalue weighted by molar-refractivity contribution is 0.403. The van der Waals surface area contributed by atoms with Crippen molar-refractivity contribution in [3.05, 3.63) is 15.9 Å². The Labute approximate surface area is 113 Å². The summed E-state index contributed by atoms with van der Waals surface area (Å²) in [7, 11) is 0. The highest BCUT2D eigenvalue weighted by Crippen LogP contribution is 2.25. The van der Waals surface area contributed by atoms with Gasteiger partial charge in [-0.3, -0.25) is 4.68 Å². The molecule has 1 heterocycles. The SMILES string of the molecule is CCn1nc(C)c(Br)c1CC(CN)CC(C)C. The summed E-state index contributed by atoms with van der Waals surface area (Å²) in [5, 5.41) is 4.52. The van der Waals surface area contributed by atoms with Gasteiger partial charge in [0.05, 0.1) is 15.9 Å². The molecule has 0 saturated carbocycles. The van der Waals surface area contributed by atoms with Crippen molar-refractivity contribution in [2.75, 3.05) is 6.54 Å². The first kappa shape index (κ1) is 14.7. The maximum absolute atomic E-state index is 5.87. The number of hydrogen-bond acceptors (Lipinski definition) is 2. The molecular weight excluding hydrogens is 278 g/mol. The fourth-order valence-electron chi connectivity index (χ4n) is 2.27. The van der Waals surface area contributed by atoms with Gasteiger partial charge in [-0.05, 0) is 61.0 Å². The number of rotatable bonds is 6. The van der Waals surface area contributed by atoms with Crippen LogP contribution >= 0.6 is 15.9 Å². The minimum Gasteiger partial charge on any atom is -0.330 e. The van der Waals surface area contributed by atoms with E-state index in [9.17, 15) is 0 Å². The first-order valence-corrected chi connectivity index (χ1v) is 7.20. The smallest absolute Gasteiger partial charge is 0.0738 e. The highest BCUT2D eigenvalue weighted by molar-refractivity contribution is 9.10. The Kier molecular flexibility index (Phi) is 5.67. The van der Waals surface area contributed by atoms with Gasteiger partial charge >= 0.3 is 0 Å². The molecule has 1 aromatic heterocycles. The molecule has 2 N–H and O–H groups in total. The van der Waals surface area contributed by atoms with Gasteiger partial charge in [0.15, 0.2) is 0 Å². The molecule has 1 aromatic rings. The van der Waals surface area contributed by atoms with E-state index in [1.807, 2.05) is 6.92 Å². The Morgan fingerprint density at radius 3 is 2.53 bits per heavy atom. The van der Waals surface area contributed by atoms with E-state index in [1.165, 1.54) is 12.1 Å². The Bertz CT molecular complexity index is 358. The molecule has 0 aliphatic rings. The molecule has 0 bridgehead atoms. The highest BCUT2D eigenvalue weighted by atomic mass is 79.9. The van der Waals surface area contributed by atoms with Crippen LogP contribution in [0.3, 0.4) is 0 Å². The molecule has 0 aromatic carbocycles. The summed E-state index contributed by atoms with van der Waals surface area (Å²) in [4.78, 5) is 0. The van der Waals surface area contributed by atoms with Gasteiger partial charge in [0.25, 0.3) is 0 Å². The van der Waals surface area contributed by atoms with Crippen LogP contribution in [0.1, 0.15) is 38.6 Å². The van der Waals surface area contributed by atoms with E-state index < -0.39 is 0 Å². The van der Waals surface area contributed by atoms with Crippen LogP contribution in [-0.2, 0) is 13.0 Å². The second kappa shape index (κ2) is 6.55. The fourth-order valence-corrected chi connectivity index (χ4v) is 2.71. The molecular formula is C13H24BrN3. The van der Waals surface area contributed by atoms with Crippen molar-refractivity contribution in [1.82, 2.24) is 9.78 Å². The van der Waals surface area contributed by atoms with Crippen LogP contribution in [0.5, 0.6) is 0 Å². The van der Waals surface area contributed by atoms with Crippen LogP contribution in [0.2, 0.25) is 0 Å². The molecule has 3 nitrogen and oxygen atoms in total. The molecule has 0 radical (unpaired) electrons. The van der Waals surface area contributed by atoms with Crippen LogP contribution in [0.4, 0.5) is 0 Å². The maximum Gasteiger partial charge on any atom is 0.0738 e. The number of aryl methyl sites for hydroxylation is 2. The normalized spacial score (nSPS) is 13.4. The fraction of sp³-hybridized carbons (Fsp3) is 0.769. The van der Waals surface area contributed by atoms with E-state index >= 15 is 0 Å². The lowest BCUT2D eigenvalue weighted by atomic mass is 9.93. The highest BCUT2D eigenvalue weighted by Gasteiger charge is 2.17. The lowest BCUT2D eigenvalue weighted by Crippen LogP contribution is -2.20. The van der Waals surface area contributed by atoms with Gasteiger partial charge in [0.2, 0.25) is 0 Å². The predicted molar refractivity (Wildman–Crippen MR) is 76.0 cm³/mol. The van der Waals surface area contributed by atoms with Gasteiger partial charge in [-0.15, -0.1) is 0 Å². The van der Waals surface area contributed by atoms with Gasteiger partial charge in [0.1, 0.15) is 0 Å². The molecule has 1 unspecified atom stereocenters. The lowest BCUT2D eigenvalue weighted by Gasteiger charge is -2.17. The molecule has 0 aliphatic carbocycles. The topological polar surface area (TPSA) is 43.8 Å². The average Bonchev–Trinajstić information content (AvgIpc) is 2.55. The van der Waals surface area contributed by atoms with E-state index in [2.05, 4.69) is 46.5 Å². The molecule has 0 spiro atoms. The monoisotopic (exact) mass is 301 g/mol. The molecule has 98 valence electrons. The molecule has 0 fully saturated rings. The van der Waals surface area contributed by atoms with Crippen molar-refractivity contribution in [3.63, 3.8) is 0 Å². The summed E-state index contributed by atoms with van der Waals surface area (Å²) < 4.78 is 3.24. The van der Waals surface area contributed by atoms with Crippen molar-refractivity contribution in [1.29, 1.82) is 0 Å². The summed E-state index contributed by atoms with van der Waals surface area (Å²) in [5.74, 6) is 1.24. The second-order valence-electron chi connectivity index (χ2n) is 5.10. The van der Waals surface area contributed by atoms with Crippen molar-refractivity contribution in [2.45, 2.75) is 47.1 Å². The first-order chi connectivity index (χ1) is 7.99. The second-order valence-corrected chi connectivity index (χ2v) is 5.89. The summed E-state index contributed by atoms with van der Waals surface area (Å²) in [6.07, 6.45) is 2.20. The molecule has 0 amide bonds. The summed E-state index contributed by atoms with van der Waals surface area (Å²) in [5.41, 5.74) is 8.24. The Morgan fingerprint density at radius 2 is 2.06 bits per heavy atom. The van der Waals surface area contributed by atoms with Crippen LogP contribution in [0.25, 0.3) is 0 Å². The number of nitrogens with two attached hydrogens (primary N) is 1. The van der Waals surface area contributed by atoms with Crippen LogP contribution in [0.15, 0.2) is 4.47 Å². The number of hydrogen-bond donors (Lipinski definition) is 1. The van der Waals surface area contributed by atoms with Crippen molar-refractivity contribution >= 4 is 15.9 Å². The first-order valence-electron chi connectivity index (χ1n) is 6.41. The molecule has 0 aliphatic heterocycles. The van der Waals surface area contributed by atoms with Gasteiger partial charge in [-0.2, -0.15) is 5.10 Å². The van der Waals surface area contributed by atoms with Gasteiger partial charge in [-0.1, -0.05) is 13.8 Å². The zero-order chi connectivity index (χ0) is 13.0. The standard InChI is InChI=1S/C13H24BrN3/c1-5-17-12(13(14)10(4)16-17)7-11(8-15)6-9(2)3/h9,11H,5-8,15H2,1-4H3. The summed E-state index contributed by atoms with van der Waals surface area (Å²) >= 11 is 3.64. The Hall–Kier alpha value is -0.350. The quantitative estimate of drug-likeness (QED) is 0.877. The van der Waals surface area contributed by atoms with E-state index in [1.54, 1.807) is 0 Å². The minimum absolute atomic E-state index is 0.549. The van der Waals surface area contributed by atoms with Crippen molar-refractivity contribution < 1.29 is 0 Å². The zero-order valence-electron chi connectivity index (χ0n) is 11.3. The largest absolute Gasteiger partial charge is 0.330 e. The van der Waals surface area contributed by atoms with E-state index in [0.717, 1.165) is 29.7 Å². The van der Waals surface area contributed by atoms with Crippen molar-refractivity contribution in [3.8, 4) is 0 Å². The third-order valence-electron chi connectivity index (χ3n) is 3.07. The summed E-state index contributed by atoms with van der Waals surface area (Å²) in [6, 6.07) is 0. The molecule has 17 heavy (non-hydrogen) atoms. The van der Waals surface area contributed by atoms with E-state index in [4.69, 9.17) is 5.73 Å². The van der Waals surface area contributed by atoms with E-state index in [-0.39, 0.29) is 0 Å². The maximum atomic E-state index is 5.87. The van der Waals surface area contributed by atoms with E-state index in [0.29, 0.717) is 11.8 Å². The molecule has 1 atom stereocenters. The third kappa shape index (κ3) is 3.81. The molecule has 0 saturated heterocycles. The third-order valence-corrected chi connectivity index (χ3v) is 4.10. The van der Waals surface area contributed by atoms with Crippen LogP contribution in [-0.4, -0.2) is 16.3 Å². The Balaban J connectivity index is 2.84. The summed E-state index contributed by atoms with van der Waals surface area (Å²) in [6.45, 7) is 10.3.